The molecule has 6 nitrogen and oxygen atoms in total. The average molecular weight is 504 g/mol. The van der Waals surface area contributed by atoms with Gasteiger partial charge in [0.15, 0.2) is 17.0 Å². The summed E-state index contributed by atoms with van der Waals surface area (Å²) in [7, 11) is 0. The quantitative estimate of drug-likeness (QED) is 0.309. The lowest BCUT2D eigenvalue weighted by Gasteiger charge is -2.11. The minimum absolute atomic E-state index is 0.0834. The Bertz CT molecular complexity index is 1540. The van der Waals surface area contributed by atoms with Gasteiger partial charge in [-0.25, -0.2) is 9.50 Å². The number of amides is 1. The Morgan fingerprint density at radius 1 is 1.00 bits per heavy atom. The summed E-state index contributed by atoms with van der Waals surface area (Å²) in [4.78, 5) is 20.1. The molecule has 0 bridgehead atoms. The third-order valence-electron chi connectivity index (χ3n) is 5.17. The van der Waals surface area contributed by atoms with Gasteiger partial charge in [0.1, 0.15) is 0 Å². The smallest absolute Gasteiger partial charge is 0.357 e. The maximum absolute atomic E-state index is 13.8. The summed E-state index contributed by atoms with van der Waals surface area (Å²) in [5.74, 6) is -0.636. The summed E-state index contributed by atoms with van der Waals surface area (Å²) >= 11 is 11.9. The van der Waals surface area contributed by atoms with Crippen molar-refractivity contribution in [3.63, 3.8) is 0 Å². The topological polar surface area (TPSA) is 75.1 Å². The molecule has 2 aromatic carbocycles. The van der Waals surface area contributed by atoms with Crippen molar-refractivity contribution in [3.05, 3.63) is 87.8 Å². The van der Waals surface area contributed by atoms with Crippen LogP contribution in [0.2, 0.25) is 10.0 Å². The largest absolute Gasteiger partial charge is 0.433 e. The number of nitrogens with one attached hydrogen (secondary N) is 2. The maximum atomic E-state index is 13.8. The molecule has 11 heteroatoms. The number of carbonyl (C=O) groups excluding carboxylic acids is 1. The van der Waals surface area contributed by atoms with Gasteiger partial charge in [-0.3, -0.25) is 4.79 Å². The van der Waals surface area contributed by atoms with Gasteiger partial charge in [-0.2, -0.15) is 18.3 Å². The first-order valence-corrected chi connectivity index (χ1v) is 10.7. The highest BCUT2D eigenvalue weighted by Gasteiger charge is 2.35. The molecule has 3 aromatic heterocycles. The molecule has 5 aromatic rings. The lowest BCUT2D eigenvalue weighted by molar-refractivity contribution is -0.142. The fourth-order valence-electron chi connectivity index (χ4n) is 3.58. The number of H-pyrrole nitrogens is 1. The van der Waals surface area contributed by atoms with Gasteiger partial charge in [0.25, 0.3) is 5.91 Å². The predicted octanol–water partition coefficient (Wildman–Crippen LogP) is 6.13. The van der Waals surface area contributed by atoms with Crippen molar-refractivity contribution in [2.24, 2.45) is 0 Å². The van der Waals surface area contributed by atoms with Gasteiger partial charge in [0.2, 0.25) is 0 Å². The zero-order valence-corrected chi connectivity index (χ0v) is 18.6. The number of aromatic nitrogens is 4. The first-order valence-electron chi connectivity index (χ1n) is 9.97. The van der Waals surface area contributed by atoms with Gasteiger partial charge in [0.05, 0.1) is 12.2 Å². The molecule has 0 aliphatic rings. The van der Waals surface area contributed by atoms with Crippen LogP contribution in [-0.2, 0) is 12.7 Å². The highest BCUT2D eigenvalue weighted by molar-refractivity contribution is 6.31. The lowest BCUT2D eigenvalue weighted by Crippen LogP contribution is -2.23. The van der Waals surface area contributed by atoms with E-state index in [1.54, 1.807) is 36.4 Å². The van der Waals surface area contributed by atoms with Gasteiger partial charge in [-0.05, 0) is 42.5 Å². The predicted molar refractivity (Wildman–Crippen MR) is 123 cm³/mol. The molecule has 0 spiro atoms. The number of rotatable bonds is 4. The van der Waals surface area contributed by atoms with E-state index in [0.717, 1.165) is 17.0 Å². The summed E-state index contributed by atoms with van der Waals surface area (Å²) in [5, 5.41) is 8.43. The third-order valence-corrected chi connectivity index (χ3v) is 5.66. The van der Waals surface area contributed by atoms with Crippen molar-refractivity contribution >= 4 is 45.7 Å². The molecule has 1 amide bonds. The fourth-order valence-corrected chi connectivity index (χ4v) is 3.89. The molecular formula is C23H14Cl2F3N5O. The Morgan fingerprint density at radius 2 is 1.74 bits per heavy atom. The fraction of sp³-hybridized carbons (Fsp3) is 0.0870. The monoisotopic (exact) mass is 503 g/mol. The van der Waals surface area contributed by atoms with Gasteiger partial charge < -0.3 is 10.3 Å². The molecule has 0 atom stereocenters. The van der Waals surface area contributed by atoms with Crippen LogP contribution >= 0.6 is 23.2 Å². The van der Waals surface area contributed by atoms with E-state index in [2.05, 4.69) is 20.4 Å². The van der Waals surface area contributed by atoms with Crippen molar-refractivity contribution in [2.45, 2.75) is 12.7 Å². The van der Waals surface area contributed by atoms with Gasteiger partial charge >= 0.3 is 6.18 Å². The van der Waals surface area contributed by atoms with E-state index in [-0.39, 0.29) is 23.6 Å². The van der Waals surface area contributed by atoms with Crippen LogP contribution in [0.25, 0.3) is 27.8 Å². The van der Waals surface area contributed by atoms with Crippen LogP contribution in [0, 0.1) is 0 Å². The Morgan fingerprint density at radius 3 is 2.47 bits per heavy atom. The number of hydrogen-bond acceptors (Lipinski definition) is 3. The molecule has 0 unspecified atom stereocenters. The first-order chi connectivity index (χ1) is 16.2. The van der Waals surface area contributed by atoms with Crippen LogP contribution in [-0.4, -0.2) is 25.5 Å². The van der Waals surface area contributed by atoms with Crippen molar-refractivity contribution < 1.29 is 18.0 Å². The highest BCUT2D eigenvalue weighted by atomic mass is 35.5. The molecule has 3 heterocycles. The Balaban J connectivity index is 1.45. The van der Waals surface area contributed by atoms with E-state index in [1.807, 2.05) is 12.1 Å². The minimum atomic E-state index is -4.71. The molecule has 0 fully saturated rings. The molecule has 0 saturated carbocycles. The van der Waals surface area contributed by atoms with Gasteiger partial charge in [-0.1, -0.05) is 35.3 Å². The number of aromatic amines is 1. The maximum Gasteiger partial charge on any atom is 0.433 e. The Hall–Kier alpha value is -3.56. The second-order valence-corrected chi connectivity index (χ2v) is 8.41. The molecule has 34 heavy (non-hydrogen) atoms. The van der Waals surface area contributed by atoms with Gasteiger partial charge in [-0.15, -0.1) is 0 Å². The normalized spacial score (nSPS) is 11.9. The molecule has 5 rings (SSSR count). The molecule has 0 aliphatic carbocycles. The highest BCUT2D eigenvalue weighted by Crippen LogP contribution is 2.32. The van der Waals surface area contributed by atoms with E-state index in [9.17, 15) is 18.0 Å². The summed E-state index contributed by atoms with van der Waals surface area (Å²) < 4.78 is 41.9. The van der Waals surface area contributed by atoms with Crippen LogP contribution in [0.15, 0.2) is 60.7 Å². The Labute approximate surface area is 200 Å². The van der Waals surface area contributed by atoms with E-state index < -0.39 is 17.8 Å². The van der Waals surface area contributed by atoms with Crippen molar-refractivity contribution in [3.8, 4) is 11.3 Å². The van der Waals surface area contributed by atoms with Crippen molar-refractivity contribution in [1.82, 2.24) is 24.9 Å². The number of halogens is 5. The van der Waals surface area contributed by atoms with Crippen LogP contribution in [0.5, 0.6) is 0 Å². The Kier molecular flexibility index (Phi) is 5.45. The third kappa shape index (κ3) is 4.32. The second kappa shape index (κ2) is 8.34. The summed E-state index contributed by atoms with van der Waals surface area (Å²) in [6, 6.07) is 15.5. The van der Waals surface area contributed by atoms with E-state index in [4.69, 9.17) is 23.2 Å². The molecular weight excluding hydrogens is 490 g/mol. The number of carbonyl (C=O) groups is 1. The van der Waals surface area contributed by atoms with Crippen molar-refractivity contribution in [2.75, 3.05) is 0 Å². The standard InChI is InChI=1S/C23H14Cl2F3N5O/c24-14-3-1-12(2-4-14)18-9-20(23(26,27)28)33-21(31-18)10-19(32-33)22(34)29-11-16-8-13-7-15(25)5-6-17(13)30-16/h1-10,30H,11H2,(H,29,34). The number of benzene rings is 2. The van der Waals surface area contributed by atoms with E-state index >= 15 is 0 Å². The number of hydrogen-bond donors (Lipinski definition) is 2. The summed E-state index contributed by atoms with van der Waals surface area (Å²) in [5.41, 5.74) is 0.733. The number of nitrogens with zero attached hydrogens (tertiary/aromatic N) is 3. The van der Waals surface area contributed by atoms with Crippen LogP contribution in [0.1, 0.15) is 21.9 Å². The molecule has 2 N–H and O–H groups in total. The molecule has 0 aliphatic heterocycles. The zero-order valence-electron chi connectivity index (χ0n) is 17.1. The molecule has 0 saturated heterocycles. The lowest BCUT2D eigenvalue weighted by atomic mass is 10.1. The van der Waals surface area contributed by atoms with E-state index in [0.29, 0.717) is 25.8 Å². The SMILES string of the molecule is O=C(NCc1cc2cc(Cl)ccc2[nH]1)c1cc2nc(-c3ccc(Cl)cc3)cc(C(F)(F)F)n2n1. The van der Waals surface area contributed by atoms with Crippen LogP contribution in [0.4, 0.5) is 13.2 Å². The van der Waals surface area contributed by atoms with Crippen molar-refractivity contribution in [1.29, 1.82) is 0 Å². The average Bonchev–Trinajstić information content (AvgIpc) is 3.40. The van der Waals surface area contributed by atoms with Gasteiger partial charge in [0, 0.05) is 38.3 Å². The first kappa shape index (κ1) is 22.2. The van der Waals surface area contributed by atoms with Crippen LogP contribution < -0.4 is 5.32 Å². The van der Waals surface area contributed by atoms with E-state index in [1.165, 1.54) is 6.07 Å². The zero-order chi connectivity index (χ0) is 24.0. The minimum Gasteiger partial charge on any atom is -0.357 e. The summed E-state index contributed by atoms with van der Waals surface area (Å²) in [6.07, 6.45) is -4.71. The van der Waals surface area contributed by atoms with Crippen LogP contribution in [0.3, 0.4) is 0 Å². The molecule has 172 valence electrons. The number of alkyl halides is 3. The summed E-state index contributed by atoms with van der Waals surface area (Å²) in [6.45, 7) is 0.120. The second-order valence-electron chi connectivity index (χ2n) is 7.54. The number of fused-ring (bicyclic) bond motifs is 2. The molecule has 0 radical (unpaired) electrons.